The van der Waals surface area contributed by atoms with Gasteiger partial charge in [0.25, 0.3) is 0 Å². The number of hydrogen-bond donors (Lipinski definition) is 3. The number of benzene rings is 1. The van der Waals surface area contributed by atoms with Gasteiger partial charge in [-0.2, -0.15) is 5.10 Å². The molecule has 156 valence electrons. The van der Waals surface area contributed by atoms with Crippen molar-refractivity contribution in [2.45, 2.75) is 37.8 Å². The SMILES string of the molecule is CC1CC(Cn2ccc3nc(-c4cn[nH]c4)ccc32)CN1.Cc1cc(S)ccc1F. The first-order valence-electron chi connectivity index (χ1n) is 10.1. The van der Waals surface area contributed by atoms with E-state index in [4.69, 9.17) is 4.98 Å². The Kier molecular flexibility index (Phi) is 6.20. The van der Waals surface area contributed by atoms with Crippen LogP contribution in [0.1, 0.15) is 18.9 Å². The minimum atomic E-state index is -0.173. The van der Waals surface area contributed by atoms with Crippen molar-refractivity contribution >= 4 is 23.7 Å². The van der Waals surface area contributed by atoms with Gasteiger partial charge in [-0.3, -0.25) is 5.10 Å². The maximum absolute atomic E-state index is 12.5. The average Bonchev–Trinajstić information content (AvgIpc) is 3.47. The lowest BCUT2D eigenvalue weighted by molar-refractivity contribution is 0.483. The van der Waals surface area contributed by atoms with Crippen LogP contribution < -0.4 is 5.32 Å². The Hall–Kier alpha value is -2.64. The van der Waals surface area contributed by atoms with Gasteiger partial charge in [0.2, 0.25) is 0 Å². The predicted molar refractivity (Wildman–Crippen MR) is 121 cm³/mol. The summed E-state index contributed by atoms with van der Waals surface area (Å²) in [6.07, 6.45) is 7.08. The number of thiol groups is 1. The van der Waals surface area contributed by atoms with Gasteiger partial charge in [-0.25, -0.2) is 9.37 Å². The third-order valence-corrected chi connectivity index (χ3v) is 5.73. The number of fused-ring (bicyclic) bond motifs is 1. The molecule has 4 aromatic rings. The Bertz CT molecular complexity index is 1120. The van der Waals surface area contributed by atoms with E-state index in [1.54, 1.807) is 25.3 Å². The Balaban J connectivity index is 0.000000204. The number of aryl methyl sites for hydroxylation is 1. The molecule has 2 N–H and O–H groups in total. The maximum Gasteiger partial charge on any atom is 0.126 e. The molecule has 0 saturated carbocycles. The molecule has 0 bridgehead atoms. The Morgan fingerprint density at radius 2 is 2.10 bits per heavy atom. The summed E-state index contributed by atoms with van der Waals surface area (Å²) >= 11 is 4.03. The minimum Gasteiger partial charge on any atom is -0.346 e. The van der Waals surface area contributed by atoms with Crippen molar-refractivity contribution in [2.75, 3.05) is 6.54 Å². The van der Waals surface area contributed by atoms with Crippen molar-refractivity contribution in [1.82, 2.24) is 25.1 Å². The summed E-state index contributed by atoms with van der Waals surface area (Å²) in [5, 5.41) is 10.3. The number of halogens is 1. The summed E-state index contributed by atoms with van der Waals surface area (Å²) < 4.78 is 14.8. The standard InChI is InChI=1S/C16H19N5.C7H7FS/c1-11-6-12(7-17-11)10-21-5-4-15-16(21)3-2-14(20-15)13-8-18-19-9-13;1-5-4-6(9)2-3-7(5)8/h2-5,8-9,11-12,17H,6-7,10H2,1H3,(H,18,19);2-4,9H,1H3. The molecule has 1 aromatic carbocycles. The number of pyridine rings is 1. The van der Waals surface area contributed by atoms with E-state index >= 15 is 0 Å². The number of nitrogens with one attached hydrogen (secondary N) is 2. The Labute approximate surface area is 181 Å². The molecule has 0 aliphatic carbocycles. The van der Waals surface area contributed by atoms with E-state index in [-0.39, 0.29) is 5.82 Å². The smallest absolute Gasteiger partial charge is 0.126 e. The fourth-order valence-electron chi connectivity index (χ4n) is 3.87. The van der Waals surface area contributed by atoms with Gasteiger partial charge in [0.05, 0.1) is 22.9 Å². The summed E-state index contributed by atoms with van der Waals surface area (Å²) in [6.45, 7) is 6.15. The van der Waals surface area contributed by atoms with Crippen LogP contribution in [0.15, 0.2) is 59.9 Å². The fraction of sp³-hybridized carbons (Fsp3) is 0.304. The van der Waals surface area contributed by atoms with Gasteiger partial charge in [0, 0.05) is 35.4 Å². The first kappa shape index (κ1) is 20.6. The molecule has 5 nitrogen and oxygen atoms in total. The molecule has 0 amide bonds. The van der Waals surface area contributed by atoms with E-state index in [2.05, 4.69) is 64.0 Å². The molecule has 2 atom stereocenters. The molecule has 0 spiro atoms. The minimum absolute atomic E-state index is 0.173. The fourth-order valence-corrected chi connectivity index (χ4v) is 4.13. The molecule has 5 rings (SSSR count). The van der Waals surface area contributed by atoms with Crippen LogP contribution in [0.4, 0.5) is 4.39 Å². The van der Waals surface area contributed by atoms with Gasteiger partial charge >= 0.3 is 0 Å². The van der Waals surface area contributed by atoms with Crippen molar-refractivity contribution in [3.05, 3.63) is 66.4 Å². The highest BCUT2D eigenvalue weighted by molar-refractivity contribution is 7.80. The maximum atomic E-state index is 12.5. The molecule has 3 aromatic heterocycles. The third-order valence-electron chi connectivity index (χ3n) is 5.46. The highest BCUT2D eigenvalue weighted by Crippen LogP contribution is 2.23. The second kappa shape index (κ2) is 9.02. The third kappa shape index (κ3) is 4.74. The van der Waals surface area contributed by atoms with Crippen molar-refractivity contribution in [3.8, 4) is 11.3 Å². The Morgan fingerprint density at radius 1 is 1.23 bits per heavy atom. The first-order valence-corrected chi connectivity index (χ1v) is 10.6. The predicted octanol–water partition coefficient (Wildman–Crippen LogP) is 4.85. The van der Waals surface area contributed by atoms with Crippen LogP contribution in [0.3, 0.4) is 0 Å². The second-order valence-corrected chi connectivity index (χ2v) is 8.42. The van der Waals surface area contributed by atoms with Crippen LogP contribution in [-0.2, 0) is 6.54 Å². The molecule has 1 aliphatic rings. The molecule has 4 heterocycles. The van der Waals surface area contributed by atoms with Crippen LogP contribution in [-0.4, -0.2) is 32.3 Å². The molecule has 30 heavy (non-hydrogen) atoms. The molecular formula is C23H26FN5S. The zero-order valence-corrected chi connectivity index (χ0v) is 18.0. The average molecular weight is 424 g/mol. The number of hydrogen-bond acceptors (Lipinski definition) is 4. The van der Waals surface area contributed by atoms with E-state index < -0.39 is 0 Å². The van der Waals surface area contributed by atoms with Crippen LogP contribution >= 0.6 is 12.6 Å². The molecule has 1 fully saturated rings. The summed E-state index contributed by atoms with van der Waals surface area (Å²) in [5.74, 6) is 0.539. The van der Waals surface area contributed by atoms with E-state index in [9.17, 15) is 4.39 Å². The normalized spacial score (nSPS) is 18.4. The van der Waals surface area contributed by atoms with Crippen molar-refractivity contribution in [1.29, 1.82) is 0 Å². The van der Waals surface area contributed by atoms with Gasteiger partial charge in [0.1, 0.15) is 5.82 Å². The van der Waals surface area contributed by atoms with Crippen LogP contribution in [0.2, 0.25) is 0 Å². The zero-order valence-electron chi connectivity index (χ0n) is 17.1. The largest absolute Gasteiger partial charge is 0.346 e. The van der Waals surface area contributed by atoms with Crippen molar-refractivity contribution < 1.29 is 4.39 Å². The highest BCUT2D eigenvalue weighted by atomic mass is 32.1. The summed E-state index contributed by atoms with van der Waals surface area (Å²) in [4.78, 5) is 5.53. The van der Waals surface area contributed by atoms with Crippen LogP contribution in [0.5, 0.6) is 0 Å². The molecule has 7 heteroatoms. The second-order valence-electron chi connectivity index (χ2n) is 7.90. The van der Waals surface area contributed by atoms with E-state index in [1.807, 2.05) is 6.20 Å². The quantitative estimate of drug-likeness (QED) is 0.413. The van der Waals surface area contributed by atoms with Gasteiger partial charge in [-0.15, -0.1) is 12.6 Å². The molecule has 1 saturated heterocycles. The summed E-state index contributed by atoms with van der Waals surface area (Å²) in [5.41, 5.74) is 4.89. The molecule has 2 unspecified atom stereocenters. The van der Waals surface area contributed by atoms with E-state index in [0.717, 1.165) is 34.8 Å². The van der Waals surface area contributed by atoms with E-state index in [0.29, 0.717) is 17.5 Å². The summed E-state index contributed by atoms with van der Waals surface area (Å²) in [7, 11) is 0. The Morgan fingerprint density at radius 3 is 2.77 bits per heavy atom. The zero-order chi connectivity index (χ0) is 21.1. The van der Waals surface area contributed by atoms with Gasteiger partial charge in [0.15, 0.2) is 0 Å². The van der Waals surface area contributed by atoms with Gasteiger partial charge in [-0.05, 0) is 74.7 Å². The number of H-pyrrole nitrogens is 1. The van der Waals surface area contributed by atoms with Crippen LogP contribution in [0, 0.1) is 18.7 Å². The highest BCUT2D eigenvalue weighted by Gasteiger charge is 2.21. The summed E-state index contributed by atoms with van der Waals surface area (Å²) in [6, 6.07) is 11.7. The monoisotopic (exact) mass is 423 g/mol. The van der Waals surface area contributed by atoms with Crippen molar-refractivity contribution in [3.63, 3.8) is 0 Å². The lowest BCUT2D eigenvalue weighted by atomic mass is 10.1. The first-order chi connectivity index (χ1) is 14.5. The lowest BCUT2D eigenvalue weighted by Gasteiger charge is -2.11. The van der Waals surface area contributed by atoms with Gasteiger partial charge in [-0.1, -0.05) is 0 Å². The molecular weight excluding hydrogens is 397 g/mol. The van der Waals surface area contributed by atoms with E-state index in [1.165, 1.54) is 18.0 Å². The lowest BCUT2D eigenvalue weighted by Crippen LogP contribution is -2.17. The van der Waals surface area contributed by atoms with Crippen molar-refractivity contribution in [2.24, 2.45) is 5.92 Å². The molecule has 1 aliphatic heterocycles. The topological polar surface area (TPSA) is 58.5 Å². The van der Waals surface area contributed by atoms with Gasteiger partial charge < -0.3 is 9.88 Å². The number of aromatic nitrogens is 4. The molecule has 0 radical (unpaired) electrons. The van der Waals surface area contributed by atoms with Crippen LogP contribution in [0.25, 0.3) is 22.3 Å². The number of rotatable bonds is 3. The number of nitrogens with zero attached hydrogens (tertiary/aromatic N) is 3. The number of aromatic amines is 1.